The molecule has 0 unspecified atom stereocenters. The number of anilines is 6. The third kappa shape index (κ3) is 20.2. The second-order valence-corrected chi connectivity index (χ2v) is 36.3. The van der Waals surface area contributed by atoms with E-state index in [4.69, 9.17) is 0 Å². The second kappa shape index (κ2) is 43.0. The molecule has 3 aliphatic carbocycles. The SMILES string of the molecule is C=Cc1ccc2c(c1)C(CCCCCCCC)(CCCCCCCC)c1cc(-c3ccc(N(c4ccc(C)cc4)c4ccc5c(c4)C(CCCCCCCC)(CCCCCCCC)c4cc(N(c6ccc(C)cc6)c6ccc(-c7ccc8c(c7)C(CCCCCCCC)(CCCCCCCC)c7ccccc7-8)cc6)ccc4-5)cc3)ccc1-2. The van der Waals surface area contributed by atoms with Crippen molar-refractivity contribution in [2.24, 2.45) is 0 Å². The first-order chi connectivity index (χ1) is 57.5. The van der Waals surface area contributed by atoms with Gasteiger partial charge in [0.25, 0.3) is 0 Å². The van der Waals surface area contributed by atoms with E-state index in [0.29, 0.717) is 0 Å². The zero-order valence-corrected chi connectivity index (χ0v) is 74.1. The molecule has 117 heavy (non-hydrogen) atoms. The van der Waals surface area contributed by atoms with E-state index in [9.17, 15) is 0 Å². The number of hydrogen-bond acceptors (Lipinski definition) is 2. The Hall–Kier alpha value is -8.46. The van der Waals surface area contributed by atoms with Crippen LogP contribution in [-0.4, -0.2) is 0 Å². The summed E-state index contributed by atoms with van der Waals surface area (Å²) in [6.07, 6.45) is 56.1. The maximum atomic E-state index is 4.31. The van der Waals surface area contributed by atoms with Gasteiger partial charge in [0.2, 0.25) is 0 Å². The molecule has 2 heteroatoms. The summed E-state index contributed by atoms with van der Waals surface area (Å²) in [6.45, 7) is 22.8. The van der Waals surface area contributed by atoms with Crippen LogP contribution >= 0.6 is 0 Å². The minimum absolute atomic E-state index is 0.0225. The van der Waals surface area contributed by atoms with Gasteiger partial charge in [0.05, 0.1) is 0 Å². The monoisotopic (exact) mass is 1560 g/mol. The van der Waals surface area contributed by atoms with Crippen LogP contribution in [0.2, 0.25) is 0 Å². The van der Waals surface area contributed by atoms with Crippen molar-refractivity contribution in [3.8, 4) is 55.6 Å². The highest BCUT2D eigenvalue weighted by molar-refractivity contribution is 5.91. The first-order valence-electron chi connectivity index (χ1n) is 48.0. The predicted octanol–water partition coefficient (Wildman–Crippen LogP) is 36.5. The molecule has 10 aromatic carbocycles. The molecule has 3 aliphatic rings. The molecule has 13 rings (SSSR count). The van der Waals surface area contributed by atoms with Gasteiger partial charge in [0.15, 0.2) is 0 Å². The predicted molar refractivity (Wildman–Crippen MR) is 513 cm³/mol. The van der Waals surface area contributed by atoms with Gasteiger partial charge in [-0.05, 0) is 232 Å². The van der Waals surface area contributed by atoms with Gasteiger partial charge in [-0.25, -0.2) is 0 Å². The zero-order valence-electron chi connectivity index (χ0n) is 74.1. The topological polar surface area (TPSA) is 6.48 Å². The van der Waals surface area contributed by atoms with Gasteiger partial charge in [0, 0.05) is 50.4 Å². The quantitative estimate of drug-likeness (QED) is 0.0351. The lowest BCUT2D eigenvalue weighted by Crippen LogP contribution is -2.26. The van der Waals surface area contributed by atoms with Crippen molar-refractivity contribution in [1.82, 2.24) is 0 Å². The van der Waals surface area contributed by atoms with Gasteiger partial charge in [-0.2, -0.15) is 0 Å². The molecule has 0 heterocycles. The minimum atomic E-state index is -0.190. The molecule has 0 spiro atoms. The Morgan fingerprint density at radius 1 is 0.222 bits per heavy atom. The molecular formula is C115H146N2. The molecule has 0 N–H and O–H groups in total. The first kappa shape index (κ1) is 86.4. The van der Waals surface area contributed by atoms with Crippen LogP contribution in [0.15, 0.2) is 219 Å². The number of fused-ring (bicyclic) bond motifs is 9. The maximum absolute atomic E-state index is 4.31. The lowest BCUT2D eigenvalue weighted by Gasteiger charge is -2.35. The highest BCUT2D eigenvalue weighted by atomic mass is 15.1. The van der Waals surface area contributed by atoms with Gasteiger partial charge in [-0.1, -0.05) is 424 Å². The molecule has 0 radical (unpaired) electrons. The third-order valence-electron chi connectivity index (χ3n) is 28.0. The summed E-state index contributed by atoms with van der Waals surface area (Å²) in [5.74, 6) is 0. The molecule has 0 aliphatic heterocycles. The normalized spacial score (nSPS) is 13.6. The van der Waals surface area contributed by atoms with Crippen LogP contribution in [0.25, 0.3) is 61.7 Å². The Bertz CT molecular complexity index is 4690. The van der Waals surface area contributed by atoms with E-state index in [2.05, 4.69) is 290 Å². The molecule has 0 fully saturated rings. The average molecular weight is 1560 g/mol. The van der Waals surface area contributed by atoms with Gasteiger partial charge in [0.1, 0.15) is 0 Å². The van der Waals surface area contributed by atoms with Gasteiger partial charge < -0.3 is 9.80 Å². The Balaban J connectivity index is 0.876. The van der Waals surface area contributed by atoms with Gasteiger partial charge >= 0.3 is 0 Å². The third-order valence-corrected chi connectivity index (χ3v) is 28.0. The molecular weight excluding hydrogens is 1410 g/mol. The Labute approximate surface area is 711 Å². The molecule has 0 amide bonds. The average Bonchev–Trinajstić information content (AvgIpc) is 1.59. The summed E-state index contributed by atoms with van der Waals surface area (Å²) in [4.78, 5) is 5.16. The molecule has 10 aromatic rings. The standard InChI is InChI=1S/C115H146N2/c1-10-17-23-29-35-43-77-113(78-44-36-30-24-18-11-2)107-50-42-41-49-101(107)103-73-60-93(84-109(103)113)91-56-66-97(67-57-91)116(95-62-51-88(8)52-63-95)99-70-75-105-106-76-71-100(87-112(106)115(111(105)86-99,81-47-39-33-27-21-14-5)82-48-40-34-28-22-15-6)117(96-64-53-89(9)54-65-96)98-68-58-92(59-69-98)94-61-74-104-102-72-55-90(16-7)83-108(102)114(110(104)85-94,79-45-37-31-25-19-12-3)80-46-38-32-26-20-13-4/h16,41-42,49-76,83-87H,7,10-15,17-40,43-48,77-82H2,1-6,8-9H3. The van der Waals surface area contributed by atoms with Crippen LogP contribution in [0.1, 0.15) is 361 Å². The van der Waals surface area contributed by atoms with Crippen LogP contribution in [0, 0.1) is 13.8 Å². The lowest BCUT2D eigenvalue weighted by atomic mass is 9.70. The number of unbranched alkanes of at least 4 members (excludes halogenated alkanes) is 30. The van der Waals surface area contributed by atoms with Crippen LogP contribution in [0.3, 0.4) is 0 Å². The molecule has 2 nitrogen and oxygen atoms in total. The van der Waals surface area contributed by atoms with Gasteiger partial charge in [-0.3, -0.25) is 0 Å². The van der Waals surface area contributed by atoms with E-state index in [1.54, 1.807) is 22.3 Å². The summed E-state index contributed by atoms with van der Waals surface area (Å²) in [6, 6.07) is 85.4. The van der Waals surface area contributed by atoms with Crippen molar-refractivity contribution in [2.75, 3.05) is 9.80 Å². The van der Waals surface area contributed by atoms with E-state index in [1.165, 1.54) is 374 Å². The summed E-state index contributed by atoms with van der Waals surface area (Å²) < 4.78 is 0. The van der Waals surface area contributed by atoms with Crippen molar-refractivity contribution >= 4 is 40.2 Å². The summed E-state index contributed by atoms with van der Waals surface area (Å²) in [5, 5.41) is 0. The fraction of sp³-hybridized carbons (Fsp3) is 0.461. The number of nitrogens with zero attached hydrogens (tertiary/aromatic N) is 2. The summed E-state index contributed by atoms with van der Waals surface area (Å²) in [7, 11) is 0. The molecule has 0 bridgehead atoms. The molecule has 0 saturated carbocycles. The van der Waals surface area contributed by atoms with E-state index in [0.717, 1.165) is 12.8 Å². The van der Waals surface area contributed by atoms with Crippen LogP contribution in [-0.2, 0) is 16.2 Å². The molecule has 0 saturated heterocycles. The van der Waals surface area contributed by atoms with Crippen LogP contribution < -0.4 is 9.80 Å². The smallest absolute Gasteiger partial charge is 0.0465 e. The number of hydrogen-bond donors (Lipinski definition) is 0. The highest BCUT2D eigenvalue weighted by Gasteiger charge is 2.46. The number of rotatable bonds is 51. The van der Waals surface area contributed by atoms with Crippen molar-refractivity contribution in [3.05, 3.63) is 269 Å². The first-order valence-corrected chi connectivity index (χ1v) is 48.0. The minimum Gasteiger partial charge on any atom is -0.310 e. The van der Waals surface area contributed by atoms with Crippen LogP contribution in [0.5, 0.6) is 0 Å². The molecule has 0 aromatic heterocycles. The fourth-order valence-electron chi connectivity index (χ4n) is 21.3. The fourth-order valence-corrected chi connectivity index (χ4v) is 21.3. The van der Waals surface area contributed by atoms with Gasteiger partial charge in [-0.15, -0.1) is 0 Å². The Morgan fingerprint density at radius 2 is 0.462 bits per heavy atom. The van der Waals surface area contributed by atoms with E-state index in [-0.39, 0.29) is 16.2 Å². The molecule has 0 atom stereocenters. The number of benzene rings is 10. The Morgan fingerprint density at radius 3 is 0.786 bits per heavy atom. The lowest BCUT2D eigenvalue weighted by molar-refractivity contribution is 0.398. The van der Waals surface area contributed by atoms with Crippen molar-refractivity contribution in [3.63, 3.8) is 0 Å². The largest absolute Gasteiger partial charge is 0.310 e. The summed E-state index contributed by atoms with van der Waals surface area (Å²) in [5.41, 5.74) is 33.9. The molecule has 616 valence electrons. The maximum Gasteiger partial charge on any atom is 0.0465 e. The van der Waals surface area contributed by atoms with Crippen molar-refractivity contribution in [1.29, 1.82) is 0 Å². The highest BCUT2D eigenvalue weighted by Crippen LogP contribution is 2.60. The van der Waals surface area contributed by atoms with E-state index in [1.807, 2.05) is 0 Å². The zero-order chi connectivity index (χ0) is 81.2. The van der Waals surface area contributed by atoms with E-state index < -0.39 is 0 Å². The van der Waals surface area contributed by atoms with Crippen molar-refractivity contribution in [2.45, 2.75) is 341 Å². The van der Waals surface area contributed by atoms with Crippen LogP contribution in [0.4, 0.5) is 34.1 Å². The Kier molecular flexibility index (Phi) is 31.7. The second-order valence-electron chi connectivity index (χ2n) is 36.3. The van der Waals surface area contributed by atoms with Crippen molar-refractivity contribution < 1.29 is 0 Å². The van der Waals surface area contributed by atoms with E-state index >= 15 is 0 Å². The summed E-state index contributed by atoms with van der Waals surface area (Å²) >= 11 is 0. The number of aryl methyl sites for hydroxylation is 2.